The highest BCUT2D eigenvalue weighted by Crippen LogP contribution is 2.32. The molecule has 2 nitrogen and oxygen atoms in total. The molecule has 0 amide bonds. The Balaban J connectivity index is 2.83. The first kappa shape index (κ1) is 13.1. The summed E-state index contributed by atoms with van der Waals surface area (Å²) in [5.41, 5.74) is 0.407. The largest absolute Gasteiger partial charge is 0.313 e. The van der Waals surface area contributed by atoms with Gasteiger partial charge in [-0.2, -0.15) is 11.3 Å². The van der Waals surface area contributed by atoms with Gasteiger partial charge in [0.1, 0.15) is 0 Å². The summed E-state index contributed by atoms with van der Waals surface area (Å²) in [4.78, 5) is 12.3. The second-order valence-corrected chi connectivity index (χ2v) is 5.19. The predicted octanol–water partition coefficient (Wildman–Crippen LogP) is 4.17. The number of ketones is 1. The lowest BCUT2D eigenvalue weighted by Crippen LogP contribution is -2.28. The van der Waals surface area contributed by atoms with Crippen molar-refractivity contribution in [2.24, 2.45) is 5.41 Å². The van der Waals surface area contributed by atoms with Gasteiger partial charge in [-0.1, -0.05) is 26.7 Å². The molecule has 0 fully saturated rings. The molecule has 0 spiro atoms. The maximum Gasteiger partial charge on any atom is 0.169 e. The van der Waals surface area contributed by atoms with E-state index in [1.165, 1.54) is 6.21 Å². The van der Waals surface area contributed by atoms with Gasteiger partial charge < -0.3 is 5.41 Å². The minimum absolute atomic E-state index is 0.186. The molecule has 0 aliphatic carbocycles. The van der Waals surface area contributed by atoms with Gasteiger partial charge in [-0.25, -0.2) is 0 Å². The molecule has 1 unspecified atom stereocenters. The molecule has 1 rings (SSSR count). The highest BCUT2D eigenvalue weighted by atomic mass is 32.1. The number of carbonyl (C=O) groups is 1. The Kier molecular flexibility index (Phi) is 4.87. The molecular weight excluding hydrogens is 218 g/mol. The van der Waals surface area contributed by atoms with E-state index in [2.05, 4.69) is 6.92 Å². The predicted molar refractivity (Wildman–Crippen MR) is 69.7 cm³/mol. The maximum atomic E-state index is 12.3. The number of thiophene rings is 1. The summed E-state index contributed by atoms with van der Waals surface area (Å²) in [6.45, 7) is 4.10. The number of Topliss-reactive ketones (excluding diaryl/α,β-unsaturated/α-hetero) is 1. The van der Waals surface area contributed by atoms with Gasteiger partial charge in [0.2, 0.25) is 0 Å². The smallest absolute Gasteiger partial charge is 0.169 e. The van der Waals surface area contributed by atoms with Crippen LogP contribution in [0.4, 0.5) is 0 Å². The molecule has 0 saturated carbocycles. The van der Waals surface area contributed by atoms with Gasteiger partial charge in [0, 0.05) is 16.4 Å². The molecule has 3 heteroatoms. The number of hydrogen-bond donors (Lipinski definition) is 1. The zero-order valence-electron chi connectivity index (χ0n) is 9.95. The number of rotatable bonds is 7. The molecule has 1 aromatic heterocycles. The van der Waals surface area contributed by atoms with Crippen LogP contribution in [-0.2, 0) is 0 Å². The van der Waals surface area contributed by atoms with E-state index in [1.54, 1.807) is 11.3 Å². The van der Waals surface area contributed by atoms with Crippen molar-refractivity contribution in [2.75, 3.05) is 0 Å². The average Bonchev–Trinajstić information content (AvgIpc) is 2.79. The molecule has 1 aromatic rings. The lowest BCUT2D eigenvalue weighted by atomic mass is 9.76. The van der Waals surface area contributed by atoms with E-state index in [1.807, 2.05) is 23.8 Å². The van der Waals surface area contributed by atoms with Crippen LogP contribution in [0.1, 0.15) is 49.9 Å². The third-order valence-electron chi connectivity index (χ3n) is 2.97. The number of nitrogens with one attached hydrogen (secondary N) is 1. The Morgan fingerprint density at radius 2 is 2.38 bits per heavy atom. The van der Waals surface area contributed by atoms with Gasteiger partial charge in [0.15, 0.2) is 5.78 Å². The summed E-state index contributed by atoms with van der Waals surface area (Å²) >= 11 is 1.55. The highest BCUT2D eigenvalue weighted by molar-refractivity contribution is 7.08. The molecule has 0 radical (unpaired) electrons. The fraction of sp³-hybridized carbons (Fsp3) is 0.538. The molecular formula is C13H19NOS. The second-order valence-electron chi connectivity index (χ2n) is 4.41. The van der Waals surface area contributed by atoms with Crippen molar-refractivity contribution in [1.29, 1.82) is 5.41 Å². The quantitative estimate of drug-likeness (QED) is 0.561. The van der Waals surface area contributed by atoms with Crippen LogP contribution in [0.25, 0.3) is 0 Å². The van der Waals surface area contributed by atoms with Crippen molar-refractivity contribution in [2.45, 2.75) is 39.5 Å². The van der Waals surface area contributed by atoms with Crippen LogP contribution in [0, 0.1) is 10.8 Å². The van der Waals surface area contributed by atoms with Crippen LogP contribution in [-0.4, -0.2) is 12.0 Å². The van der Waals surface area contributed by atoms with Gasteiger partial charge in [-0.3, -0.25) is 4.79 Å². The van der Waals surface area contributed by atoms with Crippen molar-refractivity contribution >= 4 is 23.3 Å². The fourth-order valence-electron chi connectivity index (χ4n) is 1.84. The Hall–Kier alpha value is -0.960. The minimum atomic E-state index is -0.390. The molecule has 0 aliphatic heterocycles. The van der Waals surface area contributed by atoms with Crippen LogP contribution in [0.15, 0.2) is 16.8 Å². The highest BCUT2D eigenvalue weighted by Gasteiger charge is 2.32. The van der Waals surface area contributed by atoms with Crippen LogP contribution < -0.4 is 0 Å². The van der Waals surface area contributed by atoms with E-state index in [0.29, 0.717) is 6.42 Å². The lowest BCUT2D eigenvalue weighted by molar-refractivity contribution is 0.0809. The molecule has 0 aromatic carbocycles. The first-order valence-corrected chi connectivity index (χ1v) is 6.64. The summed E-state index contributed by atoms with van der Waals surface area (Å²) in [5.74, 6) is 0.186. The van der Waals surface area contributed by atoms with E-state index in [9.17, 15) is 4.79 Å². The zero-order valence-corrected chi connectivity index (χ0v) is 10.8. The van der Waals surface area contributed by atoms with Crippen LogP contribution in [0.2, 0.25) is 0 Å². The molecule has 0 aliphatic rings. The van der Waals surface area contributed by atoms with E-state index >= 15 is 0 Å². The molecule has 0 bridgehead atoms. The summed E-state index contributed by atoms with van der Waals surface area (Å²) in [6, 6.07) is 1.88. The molecule has 1 atom stereocenters. The van der Waals surface area contributed by atoms with Gasteiger partial charge >= 0.3 is 0 Å². The third kappa shape index (κ3) is 3.01. The van der Waals surface area contributed by atoms with Crippen LogP contribution >= 0.6 is 11.3 Å². The van der Waals surface area contributed by atoms with Crippen molar-refractivity contribution in [3.05, 3.63) is 22.4 Å². The van der Waals surface area contributed by atoms with Gasteiger partial charge in [-0.15, -0.1) is 0 Å². The monoisotopic (exact) mass is 237 g/mol. The molecule has 1 heterocycles. The van der Waals surface area contributed by atoms with Crippen LogP contribution in [0.5, 0.6) is 0 Å². The number of carbonyl (C=O) groups excluding carboxylic acids is 1. The van der Waals surface area contributed by atoms with Crippen LogP contribution in [0.3, 0.4) is 0 Å². The summed E-state index contributed by atoms with van der Waals surface area (Å²) in [7, 11) is 0. The normalized spacial score (nSPS) is 14.4. The summed E-state index contributed by atoms with van der Waals surface area (Å²) < 4.78 is 0. The first-order chi connectivity index (χ1) is 7.64. The number of hydrogen-bond acceptors (Lipinski definition) is 3. The lowest BCUT2D eigenvalue weighted by Gasteiger charge is -2.25. The maximum absolute atomic E-state index is 12.3. The molecule has 88 valence electrons. The Morgan fingerprint density at radius 1 is 1.62 bits per heavy atom. The van der Waals surface area contributed by atoms with Gasteiger partial charge in [0.05, 0.1) is 0 Å². The topological polar surface area (TPSA) is 40.9 Å². The zero-order chi connectivity index (χ0) is 12.0. The standard InChI is InChI=1S/C13H19NOS/c1-3-4-6-13(2,7-8-14)12(15)11-5-9-16-10-11/h5,8-10,14H,3-4,6-7H2,1-2H3. The summed E-state index contributed by atoms with van der Waals surface area (Å²) in [6.07, 6.45) is 4.90. The van der Waals surface area contributed by atoms with E-state index < -0.39 is 5.41 Å². The van der Waals surface area contributed by atoms with Crippen molar-refractivity contribution in [1.82, 2.24) is 0 Å². The summed E-state index contributed by atoms with van der Waals surface area (Å²) in [5, 5.41) is 11.1. The molecule has 1 N–H and O–H groups in total. The Bertz CT molecular complexity index is 345. The molecule has 16 heavy (non-hydrogen) atoms. The van der Waals surface area contributed by atoms with E-state index in [-0.39, 0.29) is 5.78 Å². The van der Waals surface area contributed by atoms with Gasteiger partial charge in [0.25, 0.3) is 0 Å². The van der Waals surface area contributed by atoms with Crippen molar-refractivity contribution in [3.63, 3.8) is 0 Å². The van der Waals surface area contributed by atoms with Crippen molar-refractivity contribution < 1.29 is 4.79 Å². The minimum Gasteiger partial charge on any atom is -0.313 e. The van der Waals surface area contributed by atoms with Gasteiger partial charge in [-0.05, 0) is 30.5 Å². The fourth-order valence-corrected chi connectivity index (χ4v) is 2.48. The second kappa shape index (κ2) is 5.94. The average molecular weight is 237 g/mol. The van der Waals surface area contributed by atoms with E-state index in [4.69, 9.17) is 5.41 Å². The van der Waals surface area contributed by atoms with E-state index in [0.717, 1.165) is 24.8 Å². The third-order valence-corrected chi connectivity index (χ3v) is 3.65. The number of unbranched alkanes of at least 4 members (excludes halogenated alkanes) is 1. The first-order valence-electron chi connectivity index (χ1n) is 5.70. The van der Waals surface area contributed by atoms with Crippen molar-refractivity contribution in [3.8, 4) is 0 Å². The SMILES string of the molecule is CCCCC(C)(CC=N)C(=O)c1ccsc1. The Morgan fingerprint density at radius 3 is 2.88 bits per heavy atom. The molecule has 0 saturated heterocycles. The Labute approximate surface area is 101 Å².